The van der Waals surface area contributed by atoms with E-state index in [2.05, 4.69) is 12.1 Å². The van der Waals surface area contributed by atoms with Crippen LogP contribution in [-0.2, 0) is 12.8 Å². The predicted molar refractivity (Wildman–Crippen MR) is 108 cm³/mol. The summed E-state index contributed by atoms with van der Waals surface area (Å²) in [5, 5.41) is 14.5. The van der Waals surface area contributed by atoms with Crippen LogP contribution in [0, 0.1) is 11.3 Å². The van der Waals surface area contributed by atoms with Gasteiger partial charge in [0.15, 0.2) is 5.78 Å². The number of hydrogen-bond acceptors (Lipinski definition) is 6. The second-order valence-corrected chi connectivity index (χ2v) is 8.94. The number of hydrogen-bond donors (Lipinski definition) is 0. The SMILES string of the molecule is N#Cc1c(SCC(=O)c2cccs2)nc2c(c1-c1cccs1)CCCC2. The second kappa shape index (κ2) is 7.75. The summed E-state index contributed by atoms with van der Waals surface area (Å²) in [6.07, 6.45) is 4.20. The summed E-state index contributed by atoms with van der Waals surface area (Å²) in [6.45, 7) is 0. The number of nitriles is 1. The summed E-state index contributed by atoms with van der Waals surface area (Å²) in [5.74, 6) is 0.399. The third-order valence-corrected chi connectivity index (χ3v) is 7.23. The van der Waals surface area contributed by atoms with E-state index in [1.807, 2.05) is 29.0 Å². The molecule has 0 N–H and O–H groups in total. The summed E-state index contributed by atoms with van der Waals surface area (Å²) in [6, 6.07) is 10.2. The first-order valence-corrected chi connectivity index (χ1v) is 11.2. The molecule has 0 unspecified atom stereocenters. The molecule has 3 nitrogen and oxygen atoms in total. The van der Waals surface area contributed by atoms with Gasteiger partial charge in [-0.2, -0.15) is 5.26 Å². The summed E-state index contributed by atoms with van der Waals surface area (Å²) < 4.78 is 0. The van der Waals surface area contributed by atoms with Crippen LogP contribution in [0.5, 0.6) is 0 Å². The van der Waals surface area contributed by atoms with E-state index in [1.165, 1.54) is 28.7 Å². The molecule has 1 aliphatic rings. The number of carbonyl (C=O) groups excluding carboxylic acids is 1. The van der Waals surface area contributed by atoms with Gasteiger partial charge in [-0.3, -0.25) is 4.79 Å². The van der Waals surface area contributed by atoms with Gasteiger partial charge in [0.2, 0.25) is 0 Å². The lowest BCUT2D eigenvalue weighted by Crippen LogP contribution is -2.11. The first kappa shape index (κ1) is 17.5. The topological polar surface area (TPSA) is 53.8 Å². The molecule has 26 heavy (non-hydrogen) atoms. The maximum atomic E-state index is 12.4. The normalized spacial score (nSPS) is 13.2. The average molecular weight is 397 g/mol. The molecule has 0 spiro atoms. The molecule has 3 aromatic rings. The van der Waals surface area contributed by atoms with Crippen molar-refractivity contribution in [2.45, 2.75) is 30.7 Å². The van der Waals surface area contributed by atoms with E-state index in [4.69, 9.17) is 4.98 Å². The number of pyridine rings is 1. The fraction of sp³-hybridized carbons (Fsp3) is 0.250. The average Bonchev–Trinajstić information content (AvgIpc) is 3.38. The van der Waals surface area contributed by atoms with Crippen LogP contribution in [0.3, 0.4) is 0 Å². The van der Waals surface area contributed by atoms with E-state index in [-0.39, 0.29) is 5.78 Å². The Morgan fingerprint density at radius 1 is 1.19 bits per heavy atom. The summed E-state index contributed by atoms with van der Waals surface area (Å²) in [7, 11) is 0. The minimum atomic E-state index is 0.0890. The molecule has 4 rings (SSSR count). The Morgan fingerprint density at radius 2 is 2.00 bits per heavy atom. The fourth-order valence-corrected chi connectivity index (χ4v) is 5.71. The van der Waals surface area contributed by atoms with E-state index in [0.29, 0.717) is 16.3 Å². The molecule has 0 fully saturated rings. The van der Waals surface area contributed by atoms with Crippen LogP contribution >= 0.6 is 34.4 Å². The summed E-state index contributed by atoms with van der Waals surface area (Å²) >= 11 is 4.50. The minimum absolute atomic E-state index is 0.0890. The predicted octanol–water partition coefficient (Wildman–Crippen LogP) is 5.60. The van der Waals surface area contributed by atoms with Gasteiger partial charge in [0.25, 0.3) is 0 Å². The van der Waals surface area contributed by atoms with Crippen LogP contribution in [0.25, 0.3) is 10.4 Å². The molecule has 0 radical (unpaired) electrons. The highest BCUT2D eigenvalue weighted by Crippen LogP contribution is 2.39. The maximum absolute atomic E-state index is 12.4. The molecule has 1 aliphatic carbocycles. The van der Waals surface area contributed by atoms with E-state index in [1.54, 1.807) is 11.3 Å². The minimum Gasteiger partial charge on any atom is -0.292 e. The molecular weight excluding hydrogens is 380 g/mol. The second-order valence-electron chi connectivity index (χ2n) is 6.08. The van der Waals surface area contributed by atoms with Crippen molar-refractivity contribution in [3.63, 3.8) is 0 Å². The number of Topliss-reactive ketones (excluding diaryl/α,β-unsaturated/α-hetero) is 1. The number of fused-ring (bicyclic) bond motifs is 1. The number of aromatic nitrogens is 1. The summed E-state index contributed by atoms with van der Waals surface area (Å²) in [4.78, 5) is 19.0. The van der Waals surface area contributed by atoms with Gasteiger partial charge in [0.05, 0.1) is 16.2 Å². The maximum Gasteiger partial charge on any atom is 0.183 e. The van der Waals surface area contributed by atoms with Gasteiger partial charge in [-0.1, -0.05) is 23.9 Å². The van der Waals surface area contributed by atoms with Crippen molar-refractivity contribution in [2.24, 2.45) is 0 Å². The number of rotatable bonds is 5. The summed E-state index contributed by atoms with van der Waals surface area (Å²) in [5.41, 5.74) is 3.99. The monoisotopic (exact) mass is 396 g/mol. The molecule has 6 heteroatoms. The van der Waals surface area contributed by atoms with E-state index in [0.717, 1.165) is 46.7 Å². The van der Waals surface area contributed by atoms with Crippen molar-refractivity contribution >= 4 is 40.2 Å². The van der Waals surface area contributed by atoms with Crippen LogP contribution in [0.2, 0.25) is 0 Å². The Balaban J connectivity index is 1.74. The van der Waals surface area contributed by atoms with Gasteiger partial charge in [-0.25, -0.2) is 4.98 Å². The molecule has 130 valence electrons. The van der Waals surface area contributed by atoms with Crippen molar-refractivity contribution in [1.82, 2.24) is 4.98 Å². The molecule has 0 amide bonds. The first-order chi connectivity index (χ1) is 12.8. The quantitative estimate of drug-likeness (QED) is 0.416. The Kier molecular flexibility index (Phi) is 5.21. The standard InChI is InChI=1S/C20H16N2OS3/c21-11-14-19(18-8-4-10-25-18)13-5-1-2-6-15(13)22-20(14)26-12-16(23)17-7-3-9-24-17/h3-4,7-10H,1-2,5-6,12H2. The highest BCUT2D eigenvalue weighted by molar-refractivity contribution is 8.00. The van der Waals surface area contributed by atoms with Crippen LogP contribution in [0.1, 0.15) is 39.3 Å². The van der Waals surface area contributed by atoms with Crippen molar-refractivity contribution in [1.29, 1.82) is 5.26 Å². The van der Waals surface area contributed by atoms with Crippen molar-refractivity contribution in [3.8, 4) is 16.5 Å². The molecule has 0 aromatic carbocycles. The lowest BCUT2D eigenvalue weighted by molar-refractivity contribution is 0.102. The largest absolute Gasteiger partial charge is 0.292 e. The van der Waals surface area contributed by atoms with Crippen molar-refractivity contribution < 1.29 is 4.79 Å². The number of thioether (sulfide) groups is 1. The van der Waals surface area contributed by atoms with E-state index >= 15 is 0 Å². The van der Waals surface area contributed by atoms with Gasteiger partial charge in [-0.05, 0) is 54.1 Å². The molecule has 3 aromatic heterocycles. The first-order valence-electron chi connectivity index (χ1n) is 8.47. The Labute approximate surface area is 164 Å². The number of nitrogens with zero attached hydrogens (tertiary/aromatic N) is 2. The third-order valence-electron chi connectivity index (χ3n) is 4.46. The van der Waals surface area contributed by atoms with E-state index < -0.39 is 0 Å². The van der Waals surface area contributed by atoms with Crippen LogP contribution in [0.15, 0.2) is 40.1 Å². The number of carbonyl (C=O) groups is 1. The van der Waals surface area contributed by atoms with Gasteiger partial charge < -0.3 is 0 Å². The Morgan fingerprint density at radius 3 is 2.73 bits per heavy atom. The van der Waals surface area contributed by atoms with Crippen molar-refractivity contribution in [3.05, 3.63) is 56.7 Å². The molecule has 0 aliphatic heterocycles. The lowest BCUT2D eigenvalue weighted by atomic mass is 9.89. The van der Waals surface area contributed by atoms with Gasteiger partial charge in [0, 0.05) is 16.1 Å². The highest BCUT2D eigenvalue weighted by atomic mass is 32.2. The molecule has 0 saturated carbocycles. The Hall–Kier alpha value is -1.94. The van der Waals surface area contributed by atoms with Gasteiger partial charge >= 0.3 is 0 Å². The van der Waals surface area contributed by atoms with Crippen molar-refractivity contribution in [2.75, 3.05) is 5.75 Å². The third kappa shape index (κ3) is 3.35. The zero-order chi connectivity index (χ0) is 17.9. The van der Waals surface area contributed by atoms with Crippen LogP contribution in [-0.4, -0.2) is 16.5 Å². The lowest BCUT2D eigenvalue weighted by Gasteiger charge is -2.21. The molecule has 0 saturated heterocycles. The zero-order valence-corrected chi connectivity index (χ0v) is 16.5. The van der Waals surface area contributed by atoms with Crippen LogP contribution in [0.4, 0.5) is 0 Å². The molecule has 0 atom stereocenters. The number of aryl methyl sites for hydroxylation is 1. The zero-order valence-electron chi connectivity index (χ0n) is 14.0. The highest BCUT2D eigenvalue weighted by Gasteiger charge is 2.24. The van der Waals surface area contributed by atoms with Gasteiger partial charge in [-0.15, -0.1) is 22.7 Å². The fourth-order valence-electron chi connectivity index (χ4n) is 3.26. The van der Waals surface area contributed by atoms with Gasteiger partial charge in [0.1, 0.15) is 11.1 Å². The molecular formula is C20H16N2OS3. The smallest absolute Gasteiger partial charge is 0.183 e. The Bertz CT molecular complexity index is 970. The number of thiophene rings is 2. The van der Waals surface area contributed by atoms with Crippen LogP contribution < -0.4 is 0 Å². The molecule has 3 heterocycles. The van der Waals surface area contributed by atoms with E-state index in [9.17, 15) is 10.1 Å². The number of ketones is 1. The molecule has 0 bridgehead atoms.